The van der Waals surface area contributed by atoms with E-state index in [-0.39, 0.29) is 24.4 Å². The minimum absolute atomic E-state index is 0.0509. The zero-order chi connectivity index (χ0) is 21.7. The molecule has 1 aromatic carbocycles. The standard InChI is InChI=1S/C21H24F3N3O3/c22-21(23,24)17-2-1-3-18(11-17)27(7-4-14-5-8-30-9-6-14)20(29)16-10-15(19(25)28)12-26-13-16/h1-3,10-12,14-15H,4-9,13H2,(H2,25,28). The maximum atomic E-state index is 13.2. The molecule has 1 saturated heterocycles. The summed E-state index contributed by atoms with van der Waals surface area (Å²) in [4.78, 5) is 30.1. The normalized spacial score (nSPS) is 20.0. The van der Waals surface area contributed by atoms with Gasteiger partial charge in [0, 0.05) is 37.2 Å². The van der Waals surface area contributed by atoms with Gasteiger partial charge in [-0.25, -0.2) is 0 Å². The lowest BCUT2D eigenvalue weighted by molar-refractivity contribution is -0.137. The van der Waals surface area contributed by atoms with Gasteiger partial charge in [0.25, 0.3) is 5.91 Å². The van der Waals surface area contributed by atoms with Crippen LogP contribution in [0.15, 0.2) is 40.9 Å². The van der Waals surface area contributed by atoms with Gasteiger partial charge >= 0.3 is 6.18 Å². The van der Waals surface area contributed by atoms with Crippen molar-refractivity contribution in [2.24, 2.45) is 22.6 Å². The van der Waals surface area contributed by atoms with Crippen molar-refractivity contribution in [3.8, 4) is 0 Å². The molecule has 2 amide bonds. The molecule has 2 N–H and O–H groups in total. The van der Waals surface area contributed by atoms with Crippen LogP contribution in [-0.4, -0.2) is 44.3 Å². The van der Waals surface area contributed by atoms with E-state index < -0.39 is 29.5 Å². The van der Waals surface area contributed by atoms with Crippen molar-refractivity contribution in [1.29, 1.82) is 0 Å². The van der Waals surface area contributed by atoms with E-state index in [4.69, 9.17) is 10.5 Å². The fraction of sp³-hybridized carbons (Fsp3) is 0.476. The third-order valence-corrected chi connectivity index (χ3v) is 5.34. The number of carbonyl (C=O) groups is 2. The van der Waals surface area contributed by atoms with Crippen LogP contribution in [0.2, 0.25) is 0 Å². The van der Waals surface area contributed by atoms with Crippen molar-refractivity contribution in [3.63, 3.8) is 0 Å². The van der Waals surface area contributed by atoms with Crippen molar-refractivity contribution in [1.82, 2.24) is 0 Å². The number of benzene rings is 1. The summed E-state index contributed by atoms with van der Waals surface area (Å²) in [6.07, 6.45) is 0.628. The molecule has 0 radical (unpaired) electrons. The maximum Gasteiger partial charge on any atom is 0.416 e. The summed E-state index contributed by atoms with van der Waals surface area (Å²) in [5.41, 5.74) is 4.88. The third kappa shape index (κ3) is 5.47. The lowest BCUT2D eigenvalue weighted by Crippen LogP contribution is -2.37. The quantitative estimate of drug-likeness (QED) is 0.764. The van der Waals surface area contributed by atoms with Crippen molar-refractivity contribution in [2.75, 3.05) is 31.2 Å². The number of aliphatic imine (C=N–C) groups is 1. The van der Waals surface area contributed by atoms with Crippen LogP contribution in [0.25, 0.3) is 0 Å². The topological polar surface area (TPSA) is 85.0 Å². The molecule has 0 bridgehead atoms. The summed E-state index contributed by atoms with van der Waals surface area (Å²) >= 11 is 0. The molecule has 30 heavy (non-hydrogen) atoms. The van der Waals surface area contributed by atoms with Gasteiger partial charge in [-0.15, -0.1) is 0 Å². The van der Waals surface area contributed by atoms with Gasteiger partial charge in [-0.2, -0.15) is 13.2 Å². The van der Waals surface area contributed by atoms with E-state index in [0.717, 1.165) is 25.0 Å². The number of anilines is 1. The summed E-state index contributed by atoms with van der Waals surface area (Å²) in [6.45, 7) is 1.59. The fourth-order valence-corrected chi connectivity index (χ4v) is 3.59. The van der Waals surface area contributed by atoms with E-state index in [1.54, 1.807) is 0 Å². The Kier molecular flexibility index (Phi) is 6.91. The molecule has 3 rings (SSSR count). The average Bonchev–Trinajstić information content (AvgIpc) is 2.74. The molecule has 9 heteroatoms. The Morgan fingerprint density at radius 3 is 2.63 bits per heavy atom. The Balaban J connectivity index is 1.87. The average molecular weight is 423 g/mol. The van der Waals surface area contributed by atoms with Crippen LogP contribution in [-0.2, 0) is 20.5 Å². The zero-order valence-corrected chi connectivity index (χ0v) is 16.4. The highest BCUT2D eigenvalue weighted by Crippen LogP contribution is 2.32. The molecule has 6 nitrogen and oxygen atoms in total. The first-order valence-electron chi connectivity index (χ1n) is 9.82. The van der Waals surface area contributed by atoms with E-state index in [9.17, 15) is 22.8 Å². The van der Waals surface area contributed by atoms with Crippen molar-refractivity contribution in [2.45, 2.75) is 25.4 Å². The first-order valence-corrected chi connectivity index (χ1v) is 9.82. The van der Waals surface area contributed by atoms with Crippen molar-refractivity contribution < 1.29 is 27.5 Å². The Labute approximate surface area is 172 Å². The van der Waals surface area contributed by atoms with Crippen LogP contribution in [0.4, 0.5) is 18.9 Å². The minimum atomic E-state index is -4.52. The number of hydrogen-bond acceptors (Lipinski definition) is 4. The largest absolute Gasteiger partial charge is 0.416 e. The Morgan fingerprint density at radius 2 is 1.97 bits per heavy atom. The van der Waals surface area contributed by atoms with E-state index >= 15 is 0 Å². The number of rotatable bonds is 6. The number of alkyl halides is 3. The summed E-state index contributed by atoms with van der Waals surface area (Å²) in [5.74, 6) is -1.59. The van der Waals surface area contributed by atoms with E-state index in [1.165, 1.54) is 29.3 Å². The number of ether oxygens (including phenoxy) is 1. The highest BCUT2D eigenvalue weighted by atomic mass is 19.4. The lowest BCUT2D eigenvalue weighted by atomic mass is 9.95. The third-order valence-electron chi connectivity index (χ3n) is 5.34. The molecule has 1 unspecified atom stereocenters. The molecular weight excluding hydrogens is 399 g/mol. The van der Waals surface area contributed by atoms with Gasteiger partial charge in [0.2, 0.25) is 5.91 Å². The maximum absolute atomic E-state index is 13.2. The molecule has 0 aromatic heterocycles. The summed E-state index contributed by atoms with van der Waals surface area (Å²) in [7, 11) is 0. The summed E-state index contributed by atoms with van der Waals surface area (Å²) in [6, 6.07) is 4.71. The number of halogens is 3. The monoisotopic (exact) mass is 423 g/mol. The molecule has 2 heterocycles. The lowest BCUT2D eigenvalue weighted by Gasteiger charge is -2.29. The van der Waals surface area contributed by atoms with Gasteiger partial charge in [0.05, 0.1) is 18.0 Å². The Hall–Kier alpha value is -2.68. The number of carbonyl (C=O) groups excluding carboxylic acids is 2. The van der Waals surface area contributed by atoms with Crippen LogP contribution < -0.4 is 10.6 Å². The summed E-state index contributed by atoms with van der Waals surface area (Å²) < 4.78 is 45.0. The van der Waals surface area contributed by atoms with Crippen LogP contribution >= 0.6 is 0 Å². The van der Waals surface area contributed by atoms with Gasteiger partial charge in [0.15, 0.2) is 0 Å². The second-order valence-corrected chi connectivity index (χ2v) is 7.46. The van der Waals surface area contributed by atoms with Crippen LogP contribution in [0.1, 0.15) is 24.8 Å². The van der Waals surface area contributed by atoms with Gasteiger partial charge in [-0.1, -0.05) is 12.1 Å². The SMILES string of the molecule is NC(=O)C1C=NCC(C(=O)N(CCC2CCOCC2)c2cccc(C(F)(F)F)c2)=C1. The highest BCUT2D eigenvalue weighted by molar-refractivity contribution is 6.08. The molecular formula is C21H24F3N3O3. The van der Waals surface area contributed by atoms with Crippen LogP contribution in [0.3, 0.4) is 0 Å². The zero-order valence-electron chi connectivity index (χ0n) is 16.4. The number of amides is 2. The fourth-order valence-electron chi connectivity index (χ4n) is 3.59. The minimum Gasteiger partial charge on any atom is -0.381 e. The van der Waals surface area contributed by atoms with E-state index in [1.807, 2.05) is 0 Å². The number of nitrogens with zero attached hydrogens (tertiary/aromatic N) is 2. The molecule has 0 aliphatic carbocycles. The number of primary amides is 1. The molecule has 2 aliphatic rings. The van der Waals surface area contributed by atoms with Gasteiger partial charge in [-0.3, -0.25) is 14.6 Å². The highest BCUT2D eigenvalue weighted by Gasteiger charge is 2.32. The molecule has 0 saturated carbocycles. The van der Waals surface area contributed by atoms with Gasteiger partial charge < -0.3 is 15.4 Å². The number of dihydropyridines is 1. The predicted molar refractivity (Wildman–Crippen MR) is 106 cm³/mol. The smallest absolute Gasteiger partial charge is 0.381 e. The van der Waals surface area contributed by atoms with Crippen molar-refractivity contribution >= 4 is 23.7 Å². The molecule has 1 atom stereocenters. The summed E-state index contributed by atoms with van der Waals surface area (Å²) in [5, 5.41) is 0. The molecule has 2 aliphatic heterocycles. The molecule has 162 valence electrons. The van der Waals surface area contributed by atoms with Gasteiger partial charge in [-0.05, 0) is 43.4 Å². The molecule has 1 aromatic rings. The molecule has 0 spiro atoms. The Morgan fingerprint density at radius 1 is 1.23 bits per heavy atom. The van der Waals surface area contributed by atoms with Crippen LogP contribution in [0, 0.1) is 11.8 Å². The number of hydrogen-bond donors (Lipinski definition) is 1. The Bertz CT molecular complexity index is 845. The first kappa shape index (κ1) is 22.0. The molecule has 1 fully saturated rings. The van der Waals surface area contributed by atoms with Gasteiger partial charge in [0.1, 0.15) is 0 Å². The van der Waals surface area contributed by atoms with Crippen molar-refractivity contribution in [3.05, 3.63) is 41.5 Å². The predicted octanol–water partition coefficient (Wildman–Crippen LogP) is 2.97. The van der Waals surface area contributed by atoms with Crippen LogP contribution in [0.5, 0.6) is 0 Å². The first-order chi connectivity index (χ1) is 14.3. The van der Waals surface area contributed by atoms with E-state index in [2.05, 4.69) is 4.99 Å². The second-order valence-electron chi connectivity index (χ2n) is 7.46. The number of nitrogens with two attached hydrogens (primary N) is 1. The second kappa shape index (κ2) is 9.42. The van der Waals surface area contributed by atoms with E-state index in [0.29, 0.717) is 25.6 Å².